The quantitative estimate of drug-likeness (QED) is 0.883. The summed E-state index contributed by atoms with van der Waals surface area (Å²) in [6.07, 6.45) is 3.00. The summed E-state index contributed by atoms with van der Waals surface area (Å²) in [5, 5.41) is 16.9. The zero-order chi connectivity index (χ0) is 15.0. The highest BCUT2D eigenvalue weighted by Crippen LogP contribution is 2.25. The Kier molecular flexibility index (Phi) is 3.37. The van der Waals surface area contributed by atoms with Gasteiger partial charge in [0.25, 0.3) is 5.91 Å². The molecule has 2 atom stereocenters. The Balaban J connectivity index is 1.90. The lowest BCUT2D eigenvalue weighted by Crippen LogP contribution is -2.49. The number of fused-ring (bicyclic) bond motifs is 1. The van der Waals surface area contributed by atoms with Gasteiger partial charge in [-0.1, -0.05) is 6.92 Å². The molecule has 1 aromatic heterocycles. The van der Waals surface area contributed by atoms with Crippen molar-refractivity contribution in [1.82, 2.24) is 15.1 Å². The van der Waals surface area contributed by atoms with Gasteiger partial charge in [-0.2, -0.15) is 5.10 Å². The van der Waals surface area contributed by atoms with E-state index in [-0.39, 0.29) is 5.91 Å². The molecular weight excluding hydrogens is 270 g/mol. The molecule has 6 nitrogen and oxygen atoms in total. The van der Waals surface area contributed by atoms with Crippen LogP contribution in [0.15, 0.2) is 24.4 Å². The highest BCUT2D eigenvalue weighted by Gasteiger charge is 2.35. The molecule has 21 heavy (non-hydrogen) atoms. The number of carbonyl (C=O) groups excluding carboxylic acids is 1. The van der Waals surface area contributed by atoms with Crippen LogP contribution in [0.4, 0.5) is 0 Å². The van der Waals surface area contributed by atoms with Gasteiger partial charge in [0.15, 0.2) is 0 Å². The molecule has 0 radical (unpaired) electrons. The van der Waals surface area contributed by atoms with Gasteiger partial charge in [-0.05, 0) is 37.0 Å². The maximum atomic E-state index is 12.6. The molecule has 2 heterocycles. The molecule has 2 aromatic rings. The van der Waals surface area contributed by atoms with Crippen molar-refractivity contribution in [3.8, 4) is 0 Å². The van der Waals surface area contributed by atoms with Gasteiger partial charge in [-0.15, -0.1) is 0 Å². The number of aromatic nitrogens is 2. The molecule has 1 saturated heterocycles. The van der Waals surface area contributed by atoms with Gasteiger partial charge in [0, 0.05) is 17.5 Å². The van der Waals surface area contributed by atoms with E-state index >= 15 is 0 Å². The van der Waals surface area contributed by atoms with Crippen molar-refractivity contribution in [3.63, 3.8) is 0 Å². The Morgan fingerprint density at radius 3 is 3.00 bits per heavy atom. The van der Waals surface area contributed by atoms with Crippen LogP contribution >= 0.6 is 0 Å². The minimum Gasteiger partial charge on any atom is -0.480 e. The summed E-state index contributed by atoms with van der Waals surface area (Å²) in [5.41, 5.74) is 1.36. The number of nitrogens with one attached hydrogen (secondary N) is 1. The lowest BCUT2D eigenvalue weighted by molar-refractivity contribution is -0.144. The van der Waals surface area contributed by atoms with E-state index in [1.54, 1.807) is 24.4 Å². The number of rotatable bonds is 2. The molecule has 1 aromatic carbocycles. The van der Waals surface area contributed by atoms with Crippen LogP contribution in [0.5, 0.6) is 0 Å². The third kappa shape index (κ3) is 2.49. The summed E-state index contributed by atoms with van der Waals surface area (Å²) < 4.78 is 0. The number of aliphatic carboxylic acids is 1. The Bertz CT molecular complexity index is 694. The van der Waals surface area contributed by atoms with Crippen molar-refractivity contribution >= 4 is 22.8 Å². The molecule has 1 amide bonds. The van der Waals surface area contributed by atoms with Crippen molar-refractivity contribution in [2.24, 2.45) is 5.92 Å². The lowest BCUT2D eigenvalue weighted by Gasteiger charge is -2.36. The molecule has 0 saturated carbocycles. The molecule has 2 unspecified atom stereocenters. The third-order valence-electron chi connectivity index (χ3n) is 4.10. The first-order valence-corrected chi connectivity index (χ1v) is 7.03. The number of aromatic amines is 1. The van der Waals surface area contributed by atoms with Crippen molar-refractivity contribution in [2.75, 3.05) is 6.54 Å². The van der Waals surface area contributed by atoms with E-state index in [1.165, 1.54) is 4.90 Å². The van der Waals surface area contributed by atoms with Crippen LogP contribution < -0.4 is 0 Å². The minimum atomic E-state index is -0.931. The molecule has 3 rings (SSSR count). The van der Waals surface area contributed by atoms with Gasteiger partial charge in [-0.3, -0.25) is 9.89 Å². The number of nitrogens with zero attached hydrogens (tertiary/aromatic N) is 2. The standard InChI is InChI=1S/C15H17N3O3/c1-9-4-5-18(13(6-9)15(20)21)14(19)10-2-3-12-11(7-10)8-16-17-12/h2-3,7-9,13H,4-6H2,1H3,(H,16,17)(H,20,21). The van der Waals surface area contributed by atoms with Crippen LogP contribution in [0, 0.1) is 5.92 Å². The third-order valence-corrected chi connectivity index (χ3v) is 4.10. The zero-order valence-corrected chi connectivity index (χ0v) is 11.7. The molecule has 1 aliphatic rings. The number of carbonyl (C=O) groups is 2. The number of likely N-dealkylation sites (tertiary alicyclic amines) is 1. The van der Waals surface area contributed by atoms with Gasteiger partial charge in [-0.25, -0.2) is 4.79 Å². The van der Waals surface area contributed by atoms with E-state index in [1.807, 2.05) is 6.92 Å². The summed E-state index contributed by atoms with van der Waals surface area (Å²) >= 11 is 0. The number of hydrogen-bond acceptors (Lipinski definition) is 3. The maximum absolute atomic E-state index is 12.6. The normalized spacial score (nSPS) is 22.4. The number of piperidine rings is 1. The van der Waals surface area contributed by atoms with Crippen LogP contribution in [-0.2, 0) is 4.79 Å². The van der Waals surface area contributed by atoms with Gasteiger partial charge < -0.3 is 10.0 Å². The van der Waals surface area contributed by atoms with E-state index in [9.17, 15) is 14.7 Å². The van der Waals surface area contributed by atoms with E-state index in [2.05, 4.69) is 10.2 Å². The molecule has 1 aliphatic heterocycles. The molecule has 0 spiro atoms. The first-order chi connectivity index (χ1) is 10.1. The SMILES string of the molecule is CC1CCN(C(=O)c2ccc3[nH]ncc3c2)C(C(=O)O)C1. The van der Waals surface area contributed by atoms with Crippen LogP contribution in [0.1, 0.15) is 30.1 Å². The summed E-state index contributed by atoms with van der Waals surface area (Å²) in [6.45, 7) is 2.51. The van der Waals surface area contributed by atoms with E-state index in [0.717, 1.165) is 17.3 Å². The van der Waals surface area contributed by atoms with E-state index in [4.69, 9.17) is 0 Å². The van der Waals surface area contributed by atoms with E-state index in [0.29, 0.717) is 24.4 Å². The predicted octanol–water partition coefficient (Wildman–Crippen LogP) is 1.89. The Morgan fingerprint density at radius 2 is 2.24 bits per heavy atom. The van der Waals surface area contributed by atoms with Crippen LogP contribution in [0.25, 0.3) is 10.9 Å². The molecule has 0 aliphatic carbocycles. The van der Waals surface area contributed by atoms with Gasteiger partial charge >= 0.3 is 5.97 Å². The summed E-state index contributed by atoms with van der Waals surface area (Å²) in [4.78, 5) is 25.5. The largest absolute Gasteiger partial charge is 0.480 e. The average molecular weight is 287 g/mol. The predicted molar refractivity (Wildman–Crippen MR) is 77.0 cm³/mol. The topological polar surface area (TPSA) is 86.3 Å². The second kappa shape index (κ2) is 5.20. The molecule has 2 N–H and O–H groups in total. The number of H-pyrrole nitrogens is 1. The first kappa shape index (κ1) is 13.6. The summed E-state index contributed by atoms with van der Waals surface area (Å²) in [6, 6.07) is 4.51. The minimum absolute atomic E-state index is 0.225. The van der Waals surface area contributed by atoms with E-state index < -0.39 is 12.0 Å². The molecule has 6 heteroatoms. The summed E-state index contributed by atoms with van der Waals surface area (Å²) in [7, 11) is 0. The van der Waals surface area contributed by atoms with Crippen LogP contribution in [-0.4, -0.2) is 44.7 Å². The first-order valence-electron chi connectivity index (χ1n) is 7.03. The Labute approximate surface area is 121 Å². The van der Waals surface area contributed by atoms with Gasteiger partial charge in [0.2, 0.25) is 0 Å². The molecular formula is C15H17N3O3. The highest BCUT2D eigenvalue weighted by atomic mass is 16.4. The Hall–Kier alpha value is -2.37. The monoisotopic (exact) mass is 287 g/mol. The molecule has 110 valence electrons. The number of carboxylic acids is 1. The van der Waals surface area contributed by atoms with Crippen LogP contribution in [0.2, 0.25) is 0 Å². The lowest BCUT2D eigenvalue weighted by atomic mass is 9.92. The smallest absolute Gasteiger partial charge is 0.326 e. The second-order valence-corrected chi connectivity index (χ2v) is 5.65. The van der Waals surface area contributed by atoms with Crippen molar-refractivity contribution in [1.29, 1.82) is 0 Å². The fourth-order valence-electron chi connectivity index (χ4n) is 2.86. The van der Waals surface area contributed by atoms with Crippen molar-refractivity contribution in [3.05, 3.63) is 30.0 Å². The number of amides is 1. The fourth-order valence-corrected chi connectivity index (χ4v) is 2.86. The van der Waals surface area contributed by atoms with Crippen LogP contribution in [0.3, 0.4) is 0 Å². The molecule has 0 bridgehead atoms. The van der Waals surface area contributed by atoms with Crippen molar-refractivity contribution < 1.29 is 14.7 Å². The average Bonchev–Trinajstić information content (AvgIpc) is 2.93. The zero-order valence-electron chi connectivity index (χ0n) is 11.7. The van der Waals surface area contributed by atoms with Gasteiger partial charge in [0.05, 0.1) is 11.7 Å². The second-order valence-electron chi connectivity index (χ2n) is 5.65. The molecule has 1 fully saturated rings. The fraction of sp³-hybridized carbons (Fsp3) is 0.400. The number of carboxylic acid groups (broad SMARTS) is 1. The Morgan fingerprint density at radius 1 is 1.43 bits per heavy atom. The highest BCUT2D eigenvalue weighted by molar-refractivity contribution is 5.99. The summed E-state index contributed by atoms with van der Waals surface area (Å²) in [5.74, 6) is -0.830. The maximum Gasteiger partial charge on any atom is 0.326 e. The number of benzene rings is 1. The number of hydrogen-bond donors (Lipinski definition) is 2. The van der Waals surface area contributed by atoms with Crippen molar-refractivity contribution in [2.45, 2.75) is 25.8 Å². The van der Waals surface area contributed by atoms with Gasteiger partial charge in [0.1, 0.15) is 6.04 Å².